The highest BCUT2D eigenvalue weighted by Crippen LogP contribution is 2.31. The molecular weight excluding hydrogens is 417 g/mol. The van der Waals surface area contributed by atoms with E-state index in [0.29, 0.717) is 18.4 Å². The Hall–Kier alpha value is -2.39. The van der Waals surface area contributed by atoms with Crippen molar-refractivity contribution in [2.75, 3.05) is 6.54 Å². The van der Waals surface area contributed by atoms with Gasteiger partial charge < -0.3 is 5.32 Å². The minimum absolute atomic E-state index is 0.110. The van der Waals surface area contributed by atoms with Crippen LogP contribution in [0.2, 0.25) is 0 Å². The van der Waals surface area contributed by atoms with Crippen LogP contribution in [0.5, 0.6) is 0 Å². The third kappa shape index (κ3) is 4.67. The second-order valence-electron chi connectivity index (χ2n) is 7.44. The van der Waals surface area contributed by atoms with E-state index in [-0.39, 0.29) is 11.4 Å². The summed E-state index contributed by atoms with van der Waals surface area (Å²) < 4.78 is 66.0. The Bertz CT molecular complexity index is 1020. The SMILES string of the molecule is Cc1ccc(S(=O)(=O)N2CCCC2C(=O)NC(C)c2cccc(C(F)(F)F)c2)cc1. The third-order valence-electron chi connectivity index (χ3n) is 5.21. The molecule has 2 aromatic carbocycles. The van der Waals surface area contributed by atoms with Crippen molar-refractivity contribution < 1.29 is 26.4 Å². The predicted molar refractivity (Wildman–Crippen MR) is 106 cm³/mol. The van der Waals surface area contributed by atoms with Crippen LogP contribution in [0.25, 0.3) is 0 Å². The van der Waals surface area contributed by atoms with E-state index in [1.165, 1.54) is 28.6 Å². The molecular formula is C21H23F3N2O3S. The summed E-state index contributed by atoms with van der Waals surface area (Å²) >= 11 is 0. The third-order valence-corrected chi connectivity index (χ3v) is 7.13. The van der Waals surface area contributed by atoms with Crippen LogP contribution in [0.4, 0.5) is 13.2 Å². The van der Waals surface area contributed by atoms with Crippen molar-refractivity contribution in [1.82, 2.24) is 9.62 Å². The zero-order valence-corrected chi connectivity index (χ0v) is 17.4. The number of hydrogen-bond acceptors (Lipinski definition) is 3. The van der Waals surface area contributed by atoms with Gasteiger partial charge in [0.15, 0.2) is 0 Å². The number of rotatable bonds is 5. The number of nitrogens with zero attached hydrogens (tertiary/aromatic N) is 1. The van der Waals surface area contributed by atoms with Crippen LogP contribution in [0.15, 0.2) is 53.4 Å². The lowest BCUT2D eigenvalue weighted by molar-refractivity contribution is -0.137. The maximum absolute atomic E-state index is 13.0. The monoisotopic (exact) mass is 440 g/mol. The van der Waals surface area contributed by atoms with E-state index in [2.05, 4.69) is 5.32 Å². The first-order valence-corrected chi connectivity index (χ1v) is 11.0. The van der Waals surface area contributed by atoms with Crippen molar-refractivity contribution in [3.8, 4) is 0 Å². The molecule has 162 valence electrons. The number of carbonyl (C=O) groups is 1. The molecule has 30 heavy (non-hydrogen) atoms. The molecule has 5 nitrogen and oxygen atoms in total. The molecule has 0 aromatic heterocycles. The number of alkyl halides is 3. The van der Waals surface area contributed by atoms with Crippen LogP contribution >= 0.6 is 0 Å². The molecule has 2 aromatic rings. The fourth-order valence-electron chi connectivity index (χ4n) is 3.51. The number of sulfonamides is 1. The largest absolute Gasteiger partial charge is 0.416 e. The molecule has 1 aliphatic heterocycles. The summed E-state index contributed by atoms with van der Waals surface area (Å²) in [6.45, 7) is 3.63. The number of nitrogens with one attached hydrogen (secondary N) is 1. The van der Waals surface area contributed by atoms with Gasteiger partial charge in [0.1, 0.15) is 6.04 Å². The van der Waals surface area contributed by atoms with E-state index < -0.39 is 39.8 Å². The van der Waals surface area contributed by atoms with Gasteiger partial charge in [0.25, 0.3) is 0 Å². The summed E-state index contributed by atoms with van der Waals surface area (Å²) in [6.07, 6.45) is -3.60. The molecule has 2 unspecified atom stereocenters. The first kappa shape index (κ1) is 22.3. The van der Waals surface area contributed by atoms with Gasteiger partial charge in [-0.25, -0.2) is 8.42 Å². The van der Waals surface area contributed by atoms with Gasteiger partial charge in [-0.2, -0.15) is 17.5 Å². The molecule has 1 N–H and O–H groups in total. The number of amides is 1. The topological polar surface area (TPSA) is 66.5 Å². The Morgan fingerprint density at radius 1 is 1.17 bits per heavy atom. The van der Waals surface area contributed by atoms with E-state index >= 15 is 0 Å². The van der Waals surface area contributed by atoms with Crippen LogP contribution in [0, 0.1) is 6.92 Å². The van der Waals surface area contributed by atoms with Crippen molar-refractivity contribution in [3.63, 3.8) is 0 Å². The van der Waals surface area contributed by atoms with E-state index in [0.717, 1.165) is 17.7 Å². The quantitative estimate of drug-likeness (QED) is 0.763. The molecule has 1 saturated heterocycles. The summed E-state index contributed by atoms with van der Waals surface area (Å²) in [5.74, 6) is -0.520. The lowest BCUT2D eigenvalue weighted by Crippen LogP contribution is -2.46. The Morgan fingerprint density at radius 3 is 2.47 bits per heavy atom. The van der Waals surface area contributed by atoms with Crippen molar-refractivity contribution in [1.29, 1.82) is 0 Å². The predicted octanol–water partition coefficient (Wildman–Crippen LogP) is 4.04. The number of benzene rings is 2. The first-order valence-electron chi connectivity index (χ1n) is 9.56. The normalized spacial score (nSPS) is 18.9. The van der Waals surface area contributed by atoms with Gasteiger partial charge in [-0.05, 0) is 56.5 Å². The molecule has 0 radical (unpaired) electrons. The van der Waals surface area contributed by atoms with Crippen molar-refractivity contribution >= 4 is 15.9 Å². The van der Waals surface area contributed by atoms with Crippen LogP contribution < -0.4 is 5.32 Å². The van der Waals surface area contributed by atoms with Gasteiger partial charge in [0.2, 0.25) is 15.9 Å². The van der Waals surface area contributed by atoms with Gasteiger partial charge >= 0.3 is 6.18 Å². The standard InChI is InChI=1S/C21H23F3N2O3S/c1-14-8-10-18(11-9-14)30(28,29)26-12-4-7-19(26)20(27)25-15(2)16-5-3-6-17(13-16)21(22,23)24/h3,5-6,8-11,13,15,19H,4,7,12H2,1-2H3,(H,25,27). The fraction of sp³-hybridized carbons (Fsp3) is 0.381. The summed E-state index contributed by atoms with van der Waals surface area (Å²) in [7, 11) is -3.85. The van der Waals surface area contributed by atoms with Crippen LogP contribution in [-0.4, -0.2) is 31.2 Å². The number of carbonyl (C=O) groups excluding carboxylic acids is 1. The summed E-state index contributed by atoms with van der Waals surface area (Å²) in [5, 5.41) is 2.67. The number of halogens is 3. The smallest absolute Gasteiger partial charge is 0.348 e. The molecule has 3 rings (SSSR count). The Labute approximate surface area is 173 Å². The van der Waals surface area contributed by atoms with Crippen molar-refractivity contribution in [3.05, 3.63) is 65.2 Å². The zero-order valence-electron chi connectivity index (χ0n) is 16.6. The minimum Gasteiger partial charge on any atom is -0.348 e. The average molecular weight is 440 g/mol. The minimum atomic E-state index is -4.48. The van der Waals surface area contributed by atoms with Gasteiger partial charge in [-0.15, -0.1) is 0 Å². The van der Waals surface area contributed by atoms with Gasteiger partial charge in [-0.1, -0.05) is 29.8 Å². The molecule has 0 saturated carbocycles. The maximum Gasteiger partial charge on any atom is 0.416 e. The van der Waals surface area contributed by atoms with Crippen molar-refractivity contribution in [2.24, 2.45) is 0 Å². The lowest BCUT2D eigenvalue weighted by Gasteiger charge is -2.25. The van der Waals surface area contributed by atoms with E-state index in [1.54, 1.807) is 19.1 Å². The lowest BCUT2D eigenvalue weighted by atomic mass is 10.0. The average Bonchev–Trinajstić information content (AvgIpc) is 3.19. The van der Waals surface area contributed by atoms with Gasteiger partial charge in [-0.3, -0.25) is 4.79 Å². The van der Waals surface area contributed by atoms with Crippen molar-refractivity contribution in [2.45, 2.75) is 49.8 Å². The molecule has 1 aliphatic rings. The first-order chi connectivity index (χ1) is 14.0. The highest BCUT2D eigenvalue weighted by atomic mass is 32.2. The second kappa shape index (κ2) is 8.39. The van der Waals surface area contributed by atoms with Crippen LogP contribution in [0.1, 0.15) is 42.5 Å². The summed E-state index contributed by atoms with van der Waals surface area (Å²) in [5.41, 5.74) is 0.411. The summed E-state index contributed by atoms with van der Waals surface area (Å²) in [4.78, 5) is 12.9. The van der Waals surface area contributed by atoms with Gasteiger partial charge in [0.05, 0.1) is 16.5 Å². The Balaban J connectivity index is 1.77. The molecule has 1 fully saturated rings. The van der Waals surface area contributed by atoms with Gasteiger partial charge in [0, 0.05) is 6.54 Å². The number of hydrogen-bond donors (Lipinski definition) is 1. The second-order valence-corrected chi connectivity index (χ2v) is 9.33. The van der Waals surface area contributed by atoms with Crippen LogP contribution in [0.3, 0.4) is 0 Å². The molecule has 2 atom stereocenters. The molecule has 1 amide bonds. The van der Waals surface area contributed by atoms with E-state index in [4.69, 9.17) is 0 Å². The Kier molecular flexibility index (Phi) is 6.24. The molecule has 1 heterocycles. The Morgan fingerprint density at radius 2 is 1.83 bits per heavy atom. The molecule has 0 bridgehead atoms. The molecule has 0 aliphatic carbocycles. The maximum atomic E-state index is 13.0. The number of aryl methyl sites for hydroxylation is 1. The van der Waals surface area contributed by atoms with Crippen LogP contribution in [-0.2, 0) is 21.0 Å². The highest BCUT2D eigenvalue weighted by Gasteiger charge is 2.40. The van der Waals surface area contributed by atoms with E-state index in [9.17, 15) is 26.4 Å². The fourth-order valence-corrected chi connectivity index (χ4v) is 5.17. The zero-order chi connectivity index (χ0) is 22.1. The summed E-state index contributed by atoms with van der Waals surface area (Å²) in [6, 6.07) is 9.51. The van der Waals surface area contributed by atoms with E-state index in [1.807, 2.05) is 6.92 Å². The highest BCUT2D eigenvalue weighted by molar-refractivity contribution is 7.89. The molecule has 9 heteroatoms. The molecule has 0 spiro atoms.